The van der Waals surface area contributed by atoms with Crippen molar-refractivity contribution < 1.29 is 36.2 Å². The van der Waals surface area contributed by atoms with Crippen LogP contribution in [0.2, 0.25) is 0 Å². The van der Waals surface area contributed by atoms with Gasteiger partial charge in [0.15, 0.2) is 19.7 Å². The summed E-state index contributed by atoms with van der Waals surface area (Å²) in [5.41, 5.74) is 18.0. The summed E-state index contributed by atoms with van der Waals surface area (Å²) in [4.78, 5) is 0.496. The number of benzene rings is 4. The Kier molecular flexibility index (Phi) is 11.2. The maximum Gasteiger partial charge on any atom is 0.491 e. The average Bonchev–Trinajstić information content (AvgIpc) is 3.61. The summed E-state index contributed by atoms with van der Waals surface area (Å²) < 4.78 is 61.8. The molecule has 0 saturated carbocycles. The Morgan fingerprint density at radius 3 is 1.78 bits per heavy atom. The topological polar surface area (TPSA) is 179 Å². The number of unbranched alkanes of at least 4 members (excludes halogenated alkanes) is 1. The second-order valence-corrected chi connectivity index (χ2v) is 15.9. The van der Waals surface area contributed by atoms with E-state index in [2.05, 4.69) is 18.8 Å². The maximum atomic E-state index is 12.9. The van der Waals surface area contributed by atoms with Gasteiger partial charge in [-0.25, -0.2) is 16.8 Å². The first-order valence-corrected chi connectivity index (χ1v) is 19.1. The molecule has 0 bridgehead atoms. The Morgan fingerprint density at radius 1 is 0.735 bits per heavy atom. The van der Waals surface area contributed by atoms with E-state index in [-0.39, 0.29) is 16.4 Å². The Morgan fingerprint density at radius 2 is 1.24 bits per heavy atom. The fourth-order valence-corrected chi connectivity index (χ4v) is 8.92. The number of nitrogens with two attached hydrogens (primary N) is 2. The van der Waals surface area contributed by atoms with Crippen LogP contribution in [0.1, 0.15) is 60.1 Å². The fourth-order valence-electron chi connectivity index (χ4n) is 5.82. The van der Waals surface area contributed by atoms with E-state index >= 15 is 0 Å². The zero-order valence-corrected chi connectivity index (χ0v) is 29.0. The number of anilines is 2. The molecule has 254 valence electrons. The minimum Gasteiger partial charge on any atom is -0.423 e. The van der Waals surface area contributed by atoms with Crippen LogP contribution in [0.15, 0.2) is 82.6 Å². The van der Waals surface area contributed by atoms with Crippen LogP contribution < -0.4 is 22.4 Å². The Hall–Kier alpha value is -4.09. The van der Waals surface area contributed by atoms with Gasteiger partial charge in [0.2, 0.25) is 0 Å². The van der Waals surface area contributed by atoms with Gasteiger partial charge in [-0.15, -0.1) is 5.92 Å². The smallest absolute Gasteiger partial charge is 0.423 e. The van der Waals surface area contributed by atoms with Gasteiger partial charge in [-0.1, -0.05) is 55.7 Å². The molecule has 0 aromatic heterocycles. The SMILES string of the molecule is CC#Cc1cc(N)ccc1S(=O)(=O)Cc1ccc2c(c1)B(O)OC2.CCCCc1cc(N)ccc1S(=O)(=O)Cc1ccc2c(c1)B(O)OC2. The largest absolute Gasteiger partial charge is 0.491 e. The summed E-state index contributed by atoms with van der Waals surface area (Å²) in [7, 11) is -9.08. The predicted molar refractivity (Wildman–Crippen MR) is 192 cm³/mol. The lowest BCUT2D eigenvalue weighted by molar-refractivity contribution is 0.275. The van der Waals surface area contributed by atoms with Crippen molar-refractivity contribution in [3.63, 3.8) is 0 Å². The molecule has 0 amide bonds. The average molecular weight is 700 g/mol. The van der Waals surface area contributed by atoms with Crippen molar-refractivity contribution in [2.75, 3.05) is 11.5 Å². The summed E-state index contributed by atoms with van der Waals surface area (Å²) in [6.07, 6.45) is 2.58. The van der Waals surface area contributed by atoms with E-state index in [1.54, 1.807) is 67.6 Å². The van der Waals surface area contributed by atoms with Gasteiger partial charge in [0.25, 0.3) is 0 Å². The van der Waals surface area contributed by atoms with Crippen LogP contribution in [0, 0.1) is 11.8 Å². The number of rotatable bonds is 9. The minimum atomic E-state index is -3.60. The summed E-state index contributed by atoms with van der Waals surface area (Å²) in [6.45, 7) is 4.39. The van der Waals surface area contributed by atoms with E-state index in [0.717, 1.165) is 29.5 Å². The van der Waals surface area contributed by atoms with Crippen molar-refractivity contribution in [3.05, 3.63) is 106 Å². The van der Waals surface area contributed by atoms with Crippen molar-refractivity contribution in [3.8, 4) is 11.8 Å². The molecule has 0 unspecified atom stereocenters. The summed E-state index contributed by atoms with van der Waals surface area (Å²) in [5, 5.41) is 19.6. The van der Waals surface area contributed by atoms with Gasteiger partial charge in [-0.3, -0.25) is 0 Å². The molecule has 4 aromatic carbocycles. The Bertz CT molecular complexity index is 2150. The van der Waals surface area contributed by atoms with Gasteiger partial charge in [0.05, 0.1) is 34.5 Å². The number of hydrogen-bond donors (Lipinski definition) is 4. The summed E-state index contributed by atoms with van der Waals surface area (Å²) in [6, 6.07) is 20.1. The maximum absolute atomic E-state index is 12.9. The van der Waals surface area contributed by atoms with Gasteiger partial charge < -0.3 is 30.8 Å². The number of sulfone groups is 2. The van der Waals surface area contributed by atoms with Crippen LogP contribution in [0.5, 0.6) is 0 Å². The second-order valence-electron chi connectivity index (χ2n) is 12.0. The summed E-state index contributed by atoms with van der Waals surface area (Å²) in [5.74, 6) is 5.20. The molecule has 0 atom stereocenters. The van der Waals surface area contributed by atoms with Crippen LogP contribution in [-0.4, -0.2) is 41.1 Å². The van der Waals surface area contributed by atoms with E-state index in [1.807, 2.05) is 6.07 Å². The zero-order chi connectivity index (χ0) is 35.3. The van der Waals surface area contributed by atoms with Gasteiger partial charge in [-0.05, 0) is 94.9 Å². The number of fused-ring (bicyclic) bond motifs is 2. The lowest BCUT2D eigenvalue weighted by Crippen LogP contribution is -2.28. The molecule has 2 aliphatic heterocycles. The van der Waals surface area contributed by atoms with E-state index in [1.165, 1.54) is 6.07 Å². The molecule has 0 radical (unpaired) electrons. The van der Waals surface area contributed by atoms with Crippen molar-refractivity contribution in [2.24, 2.45) is 0 Å². The third-order valence-corrected chi connectivity index (χ3v) is 11.8. The highest BCUT2D eigenvalue weighted by Crippen LogP contribution is 2.26. The highest BCUT2D eigenvalue weighted by Gasteiger charge is 2.29. The molecule has 49 heavy (non-hydrogen) atoms. The van der Waals surface area contributed by atoms with Crippen LogP contribution in [0.3, 0.4) is 0 Å². The van der Waals surface area contributed by atoms with Gasteiger partial charge in [0, 0.05) is 16.9 Å². The third kappa shape index (κ3) is 8.56. The van der Waals surface area contributed by atoms with Crippen LogP contribution in [0.25, 0.3) is 0 Å². The van der Waals surface area contributed by atoms with E-state index < -0.39 is 33.9 Å². The predicted octanol–water partition coefficient (Wildman–Crippen LogP) is 2.63. The zero-order valence-electron chi connectivity index (χ0n) is 27.3. The lowest BCUT2D eigenvalue weighted by atomic mass is 9.79. The molecule has 0 aliphatic carbocycles. The van der Waals surface area contributed by atoms with Gasteiger partial charge >= 0.3 is 14.2 Å². The Balaban J connectivity index is 0.000000191. The highest BCUT2D eigenvalue weighted by atomic mass is 32.2. The number of nitrogen functional groups attached to an aromatic ring is 2. The number of aryl methyl sites for hydroxylation is 1. The first kappa shape index (κ1) is 36.2. The second kappa shape index (κ2) is 15.2. The number of hydrogen-bond acceptors (Lipinski definition) is 10. The quantitative estimate of drug-likeness (QED) is 0.115. The molecule has 6 rings (SSSR count). The molecule has 14 heteroatoms. The van der Waals surface area contributed by atoms with E-state index in [4.69, 9.17) is 20.8 Å². The van der Waals surface area contributed by atoms with Gasteiger partial charge in [0.1, 0.15) is 0 Å². The van der Waals surface area contributed by atoms with Crippen LogP contribution in [0.4, 0.5) is 11.4 Å². The van der Waals surface area contributed by atoms with Crippen LogP contribution >= 0.6 is 0 Å². The van der Waals surface area contributed by atoms with Crippen molar-refractivity contribution in [1.82, 2.24) is 0 Å². The molecule has 6 N–H and O–H groups in total. The minimum absolute atomic E-state index is 0.115. The highest BCUT2D eigenvalue weighted by molar-refractivity contribution is 7.91. The molecule has 4 aromatic rings. The standard InChI is InChI=1S/C18H22BNO4S.C17H16BNO4S/c1-2-3-4-14-10-16(20)7-8-18(14)25(22,23)12-13-5-6-15-11-24-19(21)17(15)9-13;1-2-3-13-9-15(19)6-7-17(13)24(21,22)11-12-4-5-14-10-23-18(20)16(14)8-12/h5-10,21H,2-4,11-12,20H2,1H3;4-9,20H,10-11,19H2,1H3. The first-order valence-electron chi connectivity index (χ1n) is 15.8. The van der Waals surface area contributed by atoms with E-state index in [9.17, 15) is 26.9 Å². The molecule has 2 heterocycles. The molecule has 10 nitrogen and oxygen atoms in total. The van der Waals surface area contributed by atoms with E-state index in [0.29, 0.717) is 63.5 Å². The molecular formula is C35H38B2N2O8S2. The van der Waals surface area contributed by atoms with Crippen molar-refractivity contribution in [1.29, 1.82) is 0 Å². The normalized spacial score (nSPS) is 13.6. The fraction of sp³-hybridized carbons (Fsp3) is 0.257. The lowest BCUT2D eigenvalue weighted by Gasteiger charge is -2.12. The molecule has 0 saturated heterocycles. The molecule has 0 fully saturated rings. The molecular weight excluding hydrogens is 662 g/mol. The molecule has 2 aliphatic rings. The Labute approximate surface area is 288 Å². The molecule has 0 spiro atoms. The summed E-state index contributed by atoms with van der Waals surface area (Å²) >= 11 is 0. The van der Waals surface area contributed by atoms with Gasteiger partial charge in [-0.2, -0.15) is 0 Å². The van der Waals surface area contributed by atoms with Crippen molar-refractivity contribution >= 4 is 56.2 Å². The first-order chi connectivity index (χ1) is 23.3. The monoisotopic (exact) mass is 700 g/mol. The van der Waals surface area contributed by atoms with Crippen LogP contribution in [-0.2, 0) is 60.1 Å². The van der Waals surface area contributed by atoms with Crippen molar-refractivity contribution in [2.45, 2.75) is 67.6 Å². The third-order valence-electron chi connectivity index (χ3n) is 8.28.